The number of sulfonamides is 1. The Morgan fingerprint density at radius 2 is 1.69 bits per heavy atom. The van der Waals surface area contributed by atoms with Crippen molar-refractivity contribution in [1.29, 1.82) is 0 Å². The Morgan fingerprint density at radius 3 is 2.21 bits per heavy atom. The van der Waals surface area contributed by atoms with Crippen LogP contribution in [0.1, 0.15) is 38.3 Å². The highest BCUT2D eigenvalue weighted by Gasteiger charge is 2.23. The summed E-state index contributed by atoms with van der Waals surface area (Å²) in [4.78, 5) is 22.3. The normalized spacial score (nSPS) is 12.2. The molecule has 0 aliphatic heterocycles. The highest BCUT2D eigenvalue weighted by Crippen LogP contribution is 2.24. The molecule has 29 heavy (non-hydrogen) atoms. The van der Waals surface area contributed by atoms with Crippen LogP contribution in [0.5, 0.6) is 5.75 Å². The third-order valence-corrected chi connectivity index (χ3v) is 5.40. The summed E-state index contributed by atoms with van der Waals surface area (Å²) in [6, 6.07) is 11.3. The zero-order valence-corrected chi connectivity index (χ0v) is 17.0. The van der Waals surface area contributed by atoms with E-state index in [4.69, 9.17) is 4.74 Å². The van der Waals surface area contributed by atoms with Crippen molar-refractivity contribution in [2.45, 2.75) is 37.6 Å². The molecule has 0 saturated carbocycles. The lowest BCUT2D eigenvalue weighted by Gasteiger charge is -2.18. The van der Waals surface area contributed by atoms with Crippen LogP contribution in [0.25, 0.3) is 0 Å². The third kappa shape index (κ3) is 6.88. The van der Waals surface area contributed by atoms with Crippen LogP contribution >= 0.6 is 0 Å². The molecule has 2 aromatic carbocycles. The van der Waals surface area contributed by atoms with Gasteiger partial charge in [-0.1, -0.05) is 19.1 Å². The SMILES string of the molecule is CCCOc1ccc([C@H](CC(=O)O)NS(=O)(=O)c2ccc(NC(C)=O)cc2)cc1. The first-order valence-electron chi connectivity index (χ1n) is 9.06. The van der Waals surface area contributed by atoms with Crippen LogP contribution in [-0.4, -0.2) is 32.0 Å². The van der Waals surface area contributed by atoms with Crippen LogP contribution in [0.3, 0.4) is 0 Å². The molecule has 9 heteroatoms. The Hall–Kier alpha value is -2.91. The molecule has 1 amide bonds. The number of nitrogens with one attached hydrogen (secondary N) is 2. The molecule has 2 aromatic rings. The number of benzene rings is 2. The molecule has 1 atom stereocenters. The first-order chi connectivity index (χ1) is 13.7. The fourth-order valence-corrected chi connectivity index (χ4v) is 3.82. The molecule has 0 aromatic heterocycles. The van der Waals surface area contributed by atoms with Gasteiger partial charge in [-0.25, -0.2) is 13.1 Å². The molecule has 0 saturated heterocycles. The number of carbonyl (C=O) groups excluding carboxylic acids is 1. The van der Waals surface area contributed by atoms with Crippen molar-refractivity contribution in [1.82, 2.24) is 4.72 Å². The number of hydrogen-bond acceptors (Lipinski definition) is 5. The lowest BCUT2D eigenvalue weighted by Crippen LogP contribution is -2.30. The Labute approximate surface area is 169 Å². The van der Waals surface area contributed by atoms with Crippen molar-refractivity contribution in [2.24, 2.45) is 0 Å². The Morgan fingerprint density at radius 1 is 1.07 bits per heavy atom. The van der Waals surface area contributed by atoms with E-state index in [-0.39, 0.29) is 10.8 Å². The first kappa shape index (κ1) is 22.4. The van der Waals surface area contributed by atoms with Crippen molar-refractivity contribution in [2.75, 3.05) is 11.9 Å². The topological polar surface area (TPSA) is 122 Å². The fraction of sp³-hybridized carbons (Fsp3) is 0.300. The largest absolute Gasteiger partial charge is 0.494 e. The molecular formula is C20H24N2O6S. The molecule has 0 fully saturated rings. The molecule has 0 unspecified atom stereocenters. The van der Waals surface area contributed by atoms with Crippen molar-refractivity contribution < 1.29 is 27.9 Å². The van der Waals surface area contributed by atoms with Crippen LogP contribution in [-0.2, 0) is 19.6 Å². The van der Waals surface area contributed by atoms with Gasteiger partial charge in [-0.3, -0.25) is 9.59 Å². The van der Waals surface area contributed by atoms with E-state index in [1.54, 1.807) is 24.3 Å². The van der Waals surface area contributed by atoms with Gasteiger partial charge in [0.25, 0.3) is 0 Å². The molecular weight excluding hydrogens is 396 g/mol. The van der Waals surface area contributed by atoms with Crippen LogP contribution in [0.2, 0.25) is 0 Å². The van der Waals surface area contributed by atoms with Crippen molar-refractivity contribution in [3.8, 4) is 5.75 Å². The first-order valence-corrected chi connectivity index (χ1v) is 10.5. The summed E-state index contributed by atoms with van der Waals surface area (Å²) >= 11 is 0. The summed E-state index contributed by atoms with van der Waals surface area (Å²) in [6.07, 6.45) is 0.433. The molecule has 8 nitrogen and oxygen atoms in total. The van der Waals surface area contributed by atoms with Gasteiger partial charge in [-0.2, -0.15) is 0 Å². The number of ether oxygens (including phenoxy) is 1. The molecule has 0 aliphatic rings. The van der Waals surface area contributed by atoms with E-state index in [0.29, 0.717) is 23.6 Å². The van der Waals surface area contributed by atoms with E-state index >= 15 is 0 Å². The second-order valence-corrected chi connectivity index (χ2v) is 8.11. The molecule has 0 bridgehead atoms. The minimum absolute atomic E-state index is 0.0371. The van der Waals surface area contributed by atoms with Crippen LogP contribution in [0, 0.1) is 0 Å². The van der Waals surface area contributed by atoms with Gasteiger partial charge in [0.2, 0.25) is 15.9 Å². The maximum atomic E-state index is 12.7. The van der Waals surface area contributed by atoms with Crippen molar-refractivity contribution >= 4 is 27.6 Å². The van der Waals surface area contributed by atoms with Crippen LogP contribution in [0.15, 0.2) is 53.4 Å². The van der Waals surface area contributed by atoms with E-state index in [1.165, 1.54) is 31.2 Å². The van der Waals surface area contributed by atoms with Gasteiger partial charge >= 0.3 is 5.97 Å². The lowest BCUT2D eigenvalue weighted by atomic mass is 10.0. The number of rotatable bonds is 10. The van der Waals surface area contributed by atoms with Crippen molar-refractivity contribution in [3.63, 3.8) is 0 Å². The predicted octanol–water partition coefficient (Wildman–Crippen LogP) is 2.93. The zero-order valence-electron chi connectivity index (χ0n) is 16.2. The van der Waals surface area contributed by atoms with Crippen LogP contribution < -0.4 is 14.8 Å². The highest BCUT2D eigenvalue weighted by molar-refractivity contribution is 7.89. The second-order valence-electron chi connectivity index (χ2n) is 6.39. The molecule has 0 heterocycles. The smallest absolute Gasteiger partial charge is 0.305 e. The van der Waals surface area contributed by atoms with E-state index < -0.39 is 28.5 Å². The lowest BCUT2D eigenvalue weighted by molar-refractivity contribution is -0.137. The van der Waals surface area contributed by atoms with Gasteiger partial charge in [0.05, 0.1) is 24.0 Å². The molecule has 0 aliphatic carbocycles. The van der Waals surface area contributed by atoms with Gasteiger partial charge in [-0.15, -0.1) is 0 Å². The fourth-order valence-electron chi connectivity index (χ4n) is 2.59. The highest BCUT2D eigenvalue weighted by atomic mass is 32.2. The number of hydrogen-bond donors (Lipinski definition) is 3. The molecule has 3 N–H and O–H groups in total. The molecule has 0 radical (unpaired) electrons. The molecule has 2 rings (SSSR count). The summed E-state index contributed by atoms with van der Waals surface area (Å²) in [5, 5.41) is 11.8. The third-order valence-electron chi connectivity index (χ3n) is 3.92. The number of carboxylic acids is 1. The Kier molecular flexibility index (Phi) is 7.74. The van der Waals surface area contributed by atoms with E-state index in [9.17, 15) is 23.1 Å². The second kappa shape index (κ2) is 10.0. The van der Waals surface area contributed by atoms with E-state index in [2.05, 4.69) is 10.0 Å². The average molecular weight is 420 g/mol. The van der Waals surface area contributed by atoms with Gasteiger partial charge in [0.1, 0.15) is 5.75 Å². The van der Waals surface area contributed by atoms with Gasteiger partial charge < -0.3 is 15.2 Å². The summed E-state index contributed by atoms with van der Waals surface area (Å²) in [5.41, 5.74) is 0.968. The summed E-state index contributed by atoms with van der Waals surface area (Å²) < 4.78 is 33.4. The van der Waals surface area contributed by atoms with Crippen molar-refractivity contribution in [3.05, 3.63) is 54.1 Å². The minimum Gasteiger partial charge on any atom is -0.494 e. The summed E-state index contributed by atoms with van der Waals surface area (Å²) in [7, 11) is -3.98. The minimum atomic E-state index is -3.98. The van der Waals surface area contributed by atoms with Crippen LogP contribution in [0.4, 0.5) is 5.69 Å². The maximum Gasteiger partial charge on any atom is 0.305 e. The number of amides is 1. The van der Waals surface area contributed by atoms with E-state index in [1.807, 2.05) is 6.92 Å². The monoisotopic (exact) mass is 420 g/mol. The molecule has 0 spiro atoms. The molecule has 156 valence electrons. The average Bonchev–Trinajstić information content (AvgIpc) is 2.65. The van der Waals surface area contributed by atoms with Gasteiger partial charge in [-0.05, 0) is 48.4 Å². The number of carboxylic acid groups (broad SMARTS) is 1. The zero-order chi connectivity index (χ0) is 21.4. The standard InChI is InChI=1S/C20H24N2O6S/c1-3-12-28-17-8-4-15(5-9-17)19(13-20(24)25)22-29(26,27)18-10-6-16(7-11-18)21-14(2)23/h4-11,19,22H,3,12-13H2,1-2H3,(H,21,23)(H,24,25)/t19-/m0/s1. The predicted molar refractivity (Wildman–Crippen MR) is 108 cm³/mol. The van der Waals surface area contributed by atoms with E-state index in [0.717, 1.165) is 6.42 Å². The Balaban J connectivity index is 2.21. The van der Waals surface area contributed by atoms with Gasteiger partial charge in [0.15, 0.2) is 0 Å². The quantitative estimate of drug-likeness (QED) is 0.543. The number of aliphatic carboxylic acids is 1. The summed E-state index contributed by atoms with van der Waals surface area (Å²) in [6.45, 7) is 3.88. The Bertz CT molecular complexity index is 940. The number of carbonyl (C=O) groups is 2. The van der Waals surface area contributed by atoms with Gasteiger partial charge in [0, 0.05) is 12.6 Å². The number of anilines is 1. The summed E-state index contributed by atoms with van der Waals surface area (Å²) in [5.74, 6) is -0.780. The maximum absolute atomic E-state index is 12.7.